The normalized spacial score (nSPS) is 18.1. The van der Waals surface area contributed by atoms with Gasteiger partial charge in [-0.15, -0.1) is 0 Å². The molecule has 0 unspecified atom stereocenters. The lowest BCUT2D eigenvalue weighted by Gasteiger charge is -2.45. The molecule has 0 amide bonds. The van der Waals surface area contributed by atoms with E-state index in [2.05, 4.69) is 108 Å². The fourth-order valence-corrected chi connectivity index (χ4v) is 8.54. The third-order valence-corrected chi connectivity index (χ3v) is 9.34. The van der Waals surface area contributed by atoms with Gasteiger partial charge in [0, 0.05) is 0 Å². The minimum Gasteiger partial charge on any atom is -0.415 e. The molecule has 34 heavy (non-hydrogen) atoms. The number of nitrogens with one attached hydrogen (secondary N) is 1. The molecule has 0 fully saturated rings. The van der Waals surface area contributed by atoms with E-state index in [-0.39, 0.29) is 24.4 Å². The Morgan fingerprint density at radius 3 is 1.44 bits per heavy atom. The summed E-state index contributed by atoms with van der Waals surface area (Å²) in [6, 6.07) is -0.167. The molecule has 7 nitrogen and oxygen atoms in total. The van der Waals surface area contributed by atoms with E-state index in [1.807, 2.05) is 6.21 Å². The fourth-order valence-electron chi connectivity index (χ4n) is 3.33. The molecule has 0 heterocycles. The van der Waals surface area contributed by atoms with E-state index in [4.69, 9.17) is 22.5 Å². The Kier molecular flexibility index (Phi) is 13.4. The van der Waals surface area contributed by atoms with Crippen LogP contribution in [0.3, 0.4) is 0 Å². The molecule has 0 aliphatic rings. The van der Waals surface area contributed by atoms with Crippen molar-refractivity contribution >= 4 is 47.7 Å². The molecule has 0 aliphatic heterocycles. The summed E-state index contributed by atoms with van der Waals surface area (Å²) in [5.41, 5.74) is 0. The molecule has 0 radical (unpaired) electrons. The lowest BCUT2D eigenvalue weighted by Crippen LogP contribution is -2.64. The van der Waals surface area contributed by atoms with Gasteiger partial charge in [0.15, 0.2) is 33.3 Å². The van der Waals surface area contributed by atoms with Crippen molar-refractivity contribution in [1.29, 1.82) is 0 Å². The van der Waals surface area contributed by atoms with Crippen LogP contribution in [0.15, 0.2) is 5.16 Å². The third-order valence-electron chi connectivity index (χ3n) is 4.14. The second kappa shape index (κ2) is 13.2. The van der Waals surface area contributed by atoms with E-state index in [9.17, 15) is 0 Å². The molecule has 204 valence electrons. The molecule has 0 saturated carbocycles. The van der Waals surface area contributed by atoms with Gasteiger partial charge in [0.25, 0.3) is 0 Å². The van der Waals surface area contributed by atoms with Crippen LogP contribution < -0.4 is 4.98 Å². The summed E-state index contributed by atoms with van der Waals surface area (Å²) in [6.45, 7) is 34.0. The minimum absolute atomic E-state index is 0.167. The largest absolute Gasteiger partial charge is 0.415 e. The van der Waals surface area contributed by atoms with Crippen molar-refractivity contribution in [3.05, 3.63) is 0 Å². The highest BCUT2D eigenvalue weighted by Crippen LogP contribution is 2.26. The van der Waals surface area contributed by atoms with Crippen molar-refractivity contribution in [3.63, 3.8) is 0 Å². The van der Waals surface area contributed by atoms with Crippen molar-refractivity contribution in [2.75, 3.05) is 13.7 Å². The third kappa shape index (κ3) is 17.7. The molecule has 1 N–H and O–H groups in total. The first-order valence-corrected chi connectivity index (χ1v) is 29.6. The summed E-state index contributed by atoms with van der Waals surface area (Å²) >= 11 is 0. The zero-order valence-corrected chi connectivity index (χ0v) is 30.1. The second-order valence-corrected chi connectivity index (χ2v) is 36.6. The van der Waals surface area contributed by atoms with E-state index in [0.717, 1.165) is 0 Å². The van der Waals surface area contributed by atoms with Gasteiger partial charge in [-0.2, -0.15) is 0 Å². The van der Waals surface area contributed by atoms with Gasteiger partial charge in [-0.3, -0.25) is 0 Å². The van der Waals surface area contributed by atoms with Gasteiger partial charge >= 0.3 is 0 Å². The molecule has 0 saturated heterocycles. The fraction of sp³-hybridized carbons (Fsp3) is 0.955. The van der Waals surface area contributed by atoms with Gasteiger partial charge in [0.2, 0.25) is 0 Å². The average molecular weight is 569 g/mol. The first-order valence-electron chi connectivity index (χ1n) is 12.4. The maximum Gasteiger partial charge on any atom is 0.184 e. The molecule has 0 rings (SSSR count). The molecule has 12 heteroatoms. The Hall–Kier alpha value is 0.354. The van der Waals surface area contributed by atoms with E-state index < -0.39 is 41.5 Å². The minimum atomic E-state index is -1.97. The maximum atomic E-state index is 6.94. The Labute approximate surface area is 216 Å². The van der Waals surface area contributed by atoms with Gasteiger partial charge in [0.05, 0.1) is 37.2 Å². The van der Waals surface area contributed by atoms with Crippen molar-refractivity contribution in [1.82, 2.24) is 4.98 Å². The van der Waals surface area contributed by atoms with Gasteiger partial charge in [-0.1, -0.05) is 24.8 Å². The molecular formula is C22H56N2O5Si5. The van der Waals surface area contributed by atoms with Crippen molar-refractivity contribution in [3.8, 4) is 0 Å². The summed E-state index contributed by atoms with van der Waals surface area (Å²) < 4.78 is 27.1. The summed E-state index contributed by atoms with van der Waals surface area (Å²) in [7, 11) is -7.74. The molecule has 0 bridgehead atoms. The second-order valence-electron chi connectivity index (χ2n) is 13.9. The van der Waals surface area contributed by atoms with Crippen LogP contribution in [-0.4, -0.2) is 85.8 Å². The zero-order valence-electron chi connectivity index (χ0n) is 25.1. The standard InChI is InChI=1S/C22H56N2O5Si5/c1-25-23-17-19(24-30(2,3)4)21(28-33(11,12)13)22(29-34(14,15)16)20(27-32(8,9)10)18-26-31(5,6)7/h17,19-22,24H,18H2,1-16H3/b23-17+/t19-,20+,21+,22+/m0/s1. The van der Waals surface area contributed by atoms with E-state index in [1.165, 1.54) is 0 Å². The molecule has 0 aromatic heterocycles. The highest BCUT2D eigenvalue weighted by molar-refractivity contribution is 6.74. The Morgan fingerprint density at radius 1 is 0.647 bits per heavy atom. The predicted octanol–water partition coefficient (Wildman–Crippen LogP) is 5.92. The molecule has 4 atom stereocenters. The SMILES string of the molecule is CO/N=C/[C@H](N[Si](C)(C)C)[C@@H](O[Si](C)(C)C)[C@H](O[Si](C)(C)C)[C@@H](CO[Si](C)(C)C)O[Si](C)(C)C. The van der Waals surface area contributed by atoms with Crippen LogP contribution in [0, 0.1) is 0 Å². The van der Waals surface area contributed by atoms with Gasteiger partial charge in [-0.05, 0) is 78.6 Å². The van der Waals surface area contributed by atoms with E-state index >= 15 is 0 Å². The van der Waals surface area contributed by atoms with Crippen molar-refractivity contribution < 1.29 is 22.5 Å². The van der Waals surface area contributed by atoms with Gasteiger partial charge in [-0.25, -0.2) is 0 Å². The molecule has 0 spiro atoms. The quantitative estimate of drug-likeness (QED) is 0.141. The Bertz CT molecular complexity index is 620. The lowest BCUT2D eigenvalue weighted by atomic mass is 10.0. The van der Waals surface area contributed by atoms with Gasteiger partial charge in [0.1, 0.15) is 15.3 Å². The number of nitrogens with zero attached hydrogens (tertiary/aromatic N) is 1. The first-order chi connectivity index (χ1) is 14.9. The zero-order chi connectivity index (χ0) is 27.2. The van der Waals surface area contributed by atoms with Crippen molar-refractivity contribution in [2.45, 2.75) is 123 Å². The highest BCUT2D eigenvalue weighted by atomic mass is 28.4. The van der Waals surface area contributed by atoms with Crippen LogP contribution in [-0.2, 0) is 22.5 Å². The van der Waals surface area contributed by atoms with Crippen LogP contribution in [0.4, 0.5) is 0 Å². The van der Waals surface area contributed by atoms with Crippen molar-refractivity contribution in [2.24, 2.45) is 5.16 Å². The van der Waals surface area contributed by atoms with Crippen LogP contribution >= 0.6 is 0 Å². The highest BCUT2D eigenvalue weighted by Gasteiger charge is 2.44. The average Bonchev–Trinajstić information content (AvgIpc) is 2.54. The van der Waals surface area contributed by atoms with E-state index in [1.54, 1.807) is 7.11 Å². The topological polar surface area (TPSA) is 70.5 Å². The van der Waals surface area contributed by atoms with Crippen LogP contribution in [0.5, 0.6) is 0 Å². The smallest absolute Gasteiger partial charge is 0.184 e. The maximum absolute atomic E-state index is 6.94. The van der Waals surface area contributed by atoms with E-state index in [0.29, 0.717) is 6.61 Å². The predicted molar refractivity (Wildman–Crippen MR) is 160 cm³/mol. The Morgan fingerprint density at radius 2 is 1.09 bits per heavy atom. The number of hydrogen-bond acceptors (Lipinski definition) is 7. The summed E-state index contributed by atoms with van der Waals surface area (Å²) in [5, 5.41) is 4.17. The summed E-state index contributed by atoms with van der Waals surface area (Å²) in [6.07, 6.45) is 1.04. The molecule has 0 aliphatic carbocycles. The Balaban J connectivity index is 6.73. The van der Waals surface area contributed by atoms with Crippen LogP contribution in [0.2, 0.25) is 98.2 Å². The van der Waals surface area contributed by atoms with Gasteiger partial charge < -0.3 is 27.5 Å². The molecular weight excluding hydrogens is 513 g/mol. The number of oxime groups is 1. The number of rotatable bonds is 16. The first kappa shape index (κ1) is 34.4. The van der Waals surface area contributed by atoms with Crippen LogP contribution in [0.25, 0.3) is 0 Å². The van der Waals surface area contributed by atoms with Crippen LogP contribution in [0.1, 0.15) is 0 Å². The molecule has 0 aromatic carbocycles. The summed E-state index contributed by atoms with van der Waals surface area (Å²) in [5.74, 6) is 0. The number of hydrogen-bond donors (Lipinski definition) is 1. The lowest BCUT2D eigenvalue weighted by molar-refractivity contribution is -0.0526. The molecule has 0 aromatic rings. The monoisotopic (exact) mass is 568 g/mol. The summed E-state index contributed by atoms with van der Waals surface area (Å²) in [4.78, 5) is 8.94.